The number of rotatable bonds is 2. The molecule has 4 heteroatoms. The average molecular weight is 228 g/mol. The summed E-state index contributed by atoms with van der Waals surface area (Å²) in [5, 5.41) is 0. The lowest BCUT2D eigenvalue weighted by molar-refractivity contribution is -0.140. The van der Waals surface area contributed by atoms with Crippen molar-refractivity contribution in [2.24, 2.45) is 11.1 Å². The second kappa shape index (κ2) is 5.15. The molecule has 2 N–H and O–H groups in total. The Balaban J connectivity index is 2.51. The molecule has 1 saturated heterocycles. The molecule has 2 unspecified atom stereocenters. The van der Waals surface area contributed by atoms with E-state index in [-0.39, 0.29) is 23.4 Å². The van der Waals surface area contributed by atoms with E-state index in [2.05, 4.69) is 20.8 Å². The van der Waals surface area contributed by atoms with Crippen LogP contribution in [0.2, 0.25) is 0 Å². The van der Waals surface area contributed by atoms with Gasteiger partial charge in [0.05, 0.1) is 19.3 Å². The molecule has 1 fully saturated rings. The van der Waals surface area contributed by atoms with Gasteiger partial charge in [0.15, 0.2) is 0 Å². The van der Waals surface area contributed by atoms with Gasteiger partial charge in [-0.05, 0) is 12.3 Å². The molecule has 1 amide bonds. The molecule has 0 aliphatic carbocycles. The maximum Gasteiger partial charge on any atom is 0.224 e. The molecular weight excluding hydrogens is 204 g/mol. The third-order valence-corrected chi connectivity index (χ3v) is 3.19. The Morgan fingerprint density at radius 1 is 1.56 bits per heavy atom. The van der Waals surface area contributed by atoms with Gasteiger partial charge in [-0.3, -0.25) is 4.79 Å². The number of hydrogen-bond acceptors (Lipinski definition) is 3. The second-order valence-electron chi connectivity index (χ2n) is 5.69. The standard InChI is InChI=1S/C12H24N2O2/c1-9-8-16-6-5-14(9)11(15)7-10(13)12(2,3)4/h9-10H,5-8,13H2,1-4H3. The number of carbonyl (C=O) groups is 1. The fraction of sp³-hybridized carbons (Fsp3) is 0.917. The molecule has 0 radical (unpaired) electrons. The molecule has 16 heavy (non-hydrogen) atoms. The van der Waals surface area contributed by atoms with E-state index in [0.717, 1.165) is 0 Å². The van der Waals surface area contributed by atoms with Crippen LogP contribution in [0.15, 0.2) is 0 Å². The van der Waals surface area contributed by atoms with Gasteiger partial charge in [-0.1, -0.05) is 20.8 Å². The SMILES string of the molecule is CC1COCCN1C(=O)CC(N)C(C)(C)C. The van der Waals surface area contributed by atoms with E-state index < -0.39 is 0 Å². The molecule has 0 aromatic carbocycles. The quantitative estimate of drug-likeness (QED) is 0.767. The molecule has 0 saturated carbocycles. The normalized spacial score (nSPS) is 24.3. The fourth-order valence-electron chi connectivity index (χ4n) is 1.71. The maximum atomic E-state index is 12.1. The lowest BCUT2D eigenvalue weighted by atomic mass is 9.85. The van der Waals surface area contributed by atoms with E-state index in [1.165, 1.54) is 0 Å². The number of morpholine rings is 1. The third-order valence-electron chi connectivity index (χ3n) is 3.19. The summed E-state index contributed by atoms with van der Waals surface area (Å²) in [7, 11) is 0. The van der Waals surface area contributed by atoms with Crippen molar-refractivity contribution in [1.29, 1.82) is 0 Å². The zero-order valence-electron chi connectivity index (χ0n) is 10.8. The summed E-state index contributed by atoms with van der Waals surface area (Å²) < 4.78 is 5.31. The molecule has 4 nitrogen and oxygen atoms in total. The van der Waals surface area contributed by atoms with Gasteiger partial charge in [0, 0.05) is 19.0 Å². The summed E-state index contributed by atoms with van der Waals surface area (Å²) in [6.45, 7) is 10.2. The van der Waals surface area contributed by atoms with Crippen LogP contribution < -0.4 is 5.73 Å². The van der Waals surface area contributed by atoms with Gasteiger partial charge in [-0.2, -0.15) is 0 Å². The molecule has 0 spiro atoms. The highest BCUT2D eigenvalue weighted by Crippen LogP contribution is 2.21. The Morgan fingerprint density at radius 3 is 2.69 bits per heavy atom. The van der Waals surface area contributed by atoms with Crippen molar-refractivity contribution in [3.05, 3.63) is 0 Å². The van der Waals surface area contributed by atoms with E-state index in [0.29, 0.717) is 26.2 Å². The molecule has 2 atom stereocenters. The summed E-state index contributed by atoms with van der Waals surface area (Å²) >= 11 is 0. The number of nitrogens with two attached hydrogens (primary N) is 1. The Morgan fingerprint density at radius 2 is 2.19 bits per heavy atom. The minimum Gasteiger partial charge on any atom is -0.377 e. The molecule has 0 bridgehead atoms. The third kappa shape index (κ3) is 3.46. The zero-order valence-corrected chi connectivity index (χ0v) is 10.8. The van der Waals surface area contributed by atoms with Crippen LogP contribution in [0.25, 0.3) is 0 Å². The van der Waals surface area contributed by atoms with Crippen molar-refractivity contribution in [3.63, 3.8) is 0 Å². The molecule has 0 aromatic heterocycles. The molecule has 94 valence electrons. The van der Waals surface area contributed by atoms with Crippen LogP contribution in [0.1, 0.15) is 34.1 Å². The predicted octanol–water partition coefficient (Wildman–Crippen LogP) is 0.997. The number of nitrogens with zero attached hydrogens (tertiary/aromatic N) is 1. The van der Waals surface area contributed by atoms with Crippen molar-refractivity contribution in [2.45, 2.75) is 46.2 Å². The first-order valence-electron chi connectivity index (χ1n) is 5.95. The van der Waals surface area contributed by atoms with Crippen LogP contribution in [0, 0.1) is 5.41 Å². The van der Waals surface area contributed by atoms with Crippen LogP contribution in [0.5, 0.6) is 0 Å². The highest BCUT2D eigenvalue weighted by molar-refractivity contribution is 5.77. The van der Waals surface area contributed by atoms with Crippen molar-refractivity contribution in [3.8, 4) is 0 Å². The zero-order chi connectivity index (χ0) is 12.3. The van der Waals surface area contributed by atoms with Gasteiger partial charge in [0.1, 0.15) is 0 Å². The van der Waals surface area contributed by atoms with Crippen LogP contribution in [-0.4, -0.2) is 42.6 Å². The van der Waals surface area contributed by atoms with E-state index >= 15 is 0 Å². The number of carbonyl (C=O) groups excluding carboxylic acids is 1. The summed E-state index contributed by atoms with van der Waals surface area (Å²) in [5.41, 5.74) is 6.00. The molecule has 0 aromatic rings. The number of hydrogen-bond donors (Lipinski definition) is 1. The molecular formula is C12H24N2O2. The second-order valence-corrected chi connectivity index (χ2v) is 5.69. The largest absolute Gasteiger partial charge is 0.377 e. The molecule has 1 aliphatic rings. The molecule has 1 aliphatic heterocycles. The highest BCUT2D eigenvalue weighted by atomic mass is 16.5. The van der Waals surface area contributed by atoms with Crippen molar-refractivity contribution in [2.75, 3.05) is 19.8 Å². The first-order chi connectivity index (χ1) is 7.32. The van der Waals surface area contributed by atoms with Gasteiger partial charge in [-0.25, -0.2) is 0 Å². The maximum absolute atomic E-state index is 12.1. The lowest BCUT2D eigenvalue weighted by Gasteiger charge is -2.35. The predicted molar refractivity (Wildman–Crippen MR) is 64.0 cm³/mol. The topological polar surface area (TPSA) is 55.6 Å². The van der Waals surface area contributed by atoms with Crippen LogP contribution in [0.4, 0.5) is 0 Å². The number of amides is 1. The van der Waals surface area contributed by atoms with Gasteiger partial charge >= 0.3 is 0 Å². The first kappa shape index (κ1) is 13.5. The van der Waals surface area contributed by atoms with Crippen molar-refractivity contribution in [1.82, 2.24) is 4.90 Å². The Bertz CT molecular complexity index is 248. The lowest BCUT2D eigenvalue weighted by Crippen LogP contribution is -2.49. The summed E-state index contributed by atoms with van der Waals surface area (Å²) in [6.07, 6.45) is 0.424. The van der Waals surface area contributed by atoms with Crippen LogP contribution >= 0.6 is 0 Å². The molecule has 1 rings (SSSR count). The minimum atomic E-state index is -0.0879. The van der Waals surface area contributed by atoms with Gasteiger partial charge in [0.2, 0.25) is 5.91 Å². The van der Waals surface area contributed by atoms with Crippen LogP contribution in [-0.2, 0) is 9.53 Å². The smallest absolute Gasteiger partial charge is 0.224 e. The summed E-state index contributed by atoms with van der Waals surface area (Å²) in [4.78, 5) is 13.9. The monoisotopic (exact) mass is 228 g/mol. The van der Waals surface area contributed by atoms with E-state index in [1.54, 1.807) is 0 Å². The Labute approximate surface area is 98.1 Å². The molecule has 1 heterocycles. The van der Waals surface area contributed by atoms with Gasteiger partial charge in [0.25, 0.3) is 0 Å². The first-order valence-corrected chi connectivity index (χ1v) is 5.95. The van der Waals surface area contributed by atoms with Gasteiger partial charge in [-0.15, -0.1) is 0 Å². The van der Waals surface area contributed by atoms with Gasteiger partial charge < -0.3 is 15.4 Å². The van der Waals surface area contributed by atoms with Crippen molar-refractivity contribution >= 4 is 5.91 Å². The van der Waals surface area contributed by atoms with E-state index in [4.69, 9.17) is 10.5 Å². The number of ether oxygens (including phenoxy) is 1. The van der Waals surface area contributed by atoms with E-state index in [1.807, 2.05) is 11.8 Å². The Hall–Kier alpha value is -0.610. The summed E-state index contributed by atoms with van der Waals surface area (Å²) in [6, 6.07) is 0.0865. The highest BCUT2D eigenvalue weighted by Gasteiger charge is 2.28. The van der Waals surface area contributed by atoms with Crippen molar-refractivity contribution < 1.29 is 9.53 Å². The Kier molecular flexibility index (Phi) is 4.33. The fourth-order valence-corrected chi connectivity index (χ4v) is 1.71. The average Bonchev–Trinajstić information content (AvgIpc) is 2.16. The van der Waals surface area contributed by atoms with E-state index in [9.17, 15) is 4.79 Å². The summed E-state index contributed by atoms with van der Waals surface area (Å²) in [5.74, 6) is 0.151. The minimum absolute atomic E-state index is 0.0226. The van der Waals surface area contributed by atoms with Crippen LogP contribution in [0.3, 0.4) is 0 Å².